The number of likely N-dealkylation sites (N-methyl/N-ethyl adjacent to an activating group) is 1. The van der Waals surface area contributed by atoms with Crippen molar-refractivity contribution in [3.63, 3.8) is 0 Å². The zero-order valence-electron chi connectivity index (χ0n) is 13.5. The predicted octanol–water partition coefficient (Wildman–Crippen LogP) is 2.67. The van der Waals surface area contributed by atoms with Gasteiger partial charge in [0.1, 0.15) is 0 Å². The molecule has 118 valence electrons. The molecule has 21 heavy (non-hydrogen) atoms. The molecule has 0 bridgehead atoms. The molecule has 1 aliphatic rings. The summed E-state index contributed by atoms with van der Waals surface area (Å²) in [6.45, 7) is 5.70. The Labute approximate surface area is 128 Å². The molecular formula is C17H28N2O2. The number of hydrogen-bond acceptors (Lipinski definition) is 4. The highest BCUT2D eigenvalue weighted by Crippen LogP contribution is 2.30. The van der Waals surface area contributed by atoms with Crippen LogP contribution in [0.25, 0.3) is 0 Å². The molecular weight excluding hydrogens is 264 g/mol. The first-order valence-electron chi connectivity index (χ1n) is 7.96. The lowest BCUT2D eigenvalue weighted by Crippen LogP contribution is -2.42. The van der Waals surface area contributed by atoms with Gasteiger partial charge in [-0.1, -0.05) is 18.6 Å². The number of nitrogens with zero attached hydrogens (tertiary/aromatic N) is 1. The summed E-state index contributed by atoms with van der Waals surface area (Å²) in [4.78, 5) is 2.46. The summed E-state index contributed by atoms with van der Waals surface area (Å²) in [6, 6.07) is 6.73. The number of benzene rings is 1. The van der Waals surface area contributed by atoms with Crippen LogP contribution in [0.3, 0.4) is 0 Å². The van der Waals surface area contributed by atoms with Gasteiger partial charge in [-0.25, -0.2) is 0 Å². The standard InChI is InChI=1S/C17H28N2O2/c1-4-21-16-10-7-8-14(17(16)20-3)12-18-13-15-9-5-6-11-19(15)2/h7-8,10,15,18H,4-6,9,11-13H2,1-3H3. The van der Waals surface area contributed by atoms with Gasteiger partial charge in [0, 0.05) is 24.7 Å². The third-order valence-corrected chi connectivity index (χ3v) is 4.18. The van der Waals surface area contributed by atoms with Gasteiger partial charge >= 0.3 is 0 Å². The molecule has 0 spiro atoms. The number of para-hydroxylation sites is 1. The van der Waals surface area contributed by atoms with Gasteiger partial charge < -0.3 is 19.7 Å². The highest BCUT2D eigenvalue weighted by molar-refractivity contribution is 5.46. The van der Waals surface area contributed by atoms with E-state index >= 15 is 0 Å². The number of likely N-dealkylation sites (tertiary alicyclic amines) is 1. The molecule has 4 nitrogen and oxygen atoms in total. The summed E-state index contributed by atoms with van der Waals surface area (Å²) in [7, 11) is 3.93. The van der Waals surface area contributed by atoms with E-state index in [9.17, 15) is 0 Å². The minimum absolute atomic E-state index is 0.653. The Kier molecular flexibility index (Phi) is 6.33. The molecule has 1 aromatic rings. The van der Waals surface area contributed by atoms with Crippen molar-refractivity contribution in [1.29, 1.82) is 0 Å². The number of rotatable bonds is 7. The number of methoxy groups -OCH3 is 1. The lowest BCUT2D eigenvalue weighted by Gasteiger charge is -2.32. The average Bonchev–Trinajstić information content (AvgIpc) is 2.50. The molecule has 1 N–H and O–H groups in total. The van der Waals surface area contributed by atoms with E-state index in [1.165, 1.54) is 25.8 Å². The maximum Gasteiger partial charge on any atom is 0.165 e. The zero-order chi connectivity index (χ0) is 15.1. The average molecular weight is 292 g/mol. The first-order valence-corrected chi connectivity index (χ1v) is 7.96. The van der Waals surface area contributed by atoms with Crippen molar-refractivity contribution < 1.29 is 9.47 Å². The molecule has 1 fully saturated rings. The molecule has 1 atom stereocenters. The van der Waals surface area contributed by atoms with E-state index in [0.29, 0.717) is 12.6 Å². The molecule has 0 amide bonds. The SMILES string of the molecule is CCOc1cccc(CNCC2CCCCN2C)c1OC. The molecule has 1 aliphatic heterocycles. The molecule has 1 aromatic carbocycles. The van der Waals surface area contributed by atoms with Crippen molar-refractivity contribution in [2.24, 2.45) is 0 Å². The van der Waals surface area contributed by atoms with Gasteiger partial charge in [-0.2, -0.15) is 0 Å². The number of hydrogen-bond donors (Lipinski definition) is 1. The van der Waals surface area contributed by atoms with Crippen LogP contribution < -0.4 is 14.8 Å². The Morgan fingerprint density at radius 1 is 1.33 bits per heavy atom. The second-order valence-corrected chi connectivity index (χ2v) is 5.64. The van der Waals surface area contributed by atoms with Crippen molar-refractivity contribution in [2.75, 3.05) is 33.9 Å². The predicted molar refractivity (Wildman–Crippen MR) is 86.1 cm³/mol. The van der Waals surface area contributed by atoms with Gasteiger partial charge in [-0.05, 0) is 39.4 Å². The minimum atomic E-state index is 0.653. The maximum atomic E-state index is 5.62. The molecule has 1 heterocycles. The number of nitrogens with one attached hydrogen (secondary N) is 1. The second-order valence-electron chi connectivity index (χ2n) is 5.64. The lowest BCUT2D eigenvalue weighted by molar-refractivity contribution is 0.181. The van der Waals surface area contributed by atoms with Crippen molar-refractivity contribution >= 4 is 0 Å². The van der Waals surface area contributed by atoms with E-state index in [1.54, 1.807) is 7.11 Å². The van der Waals surface area contributed by atoms with Crippen LogP contribution in [-0.2, 0) is 6.54 Å². The highest BCUT2D eigenvalue weighted by atomic mass is 16.5. The van der Waals surface area contributed by atoms with E-state index in [4.69, 9.17) is 9.47 Å². The van der Waals surface area contributed by atoms with Crippen molar-refractivity contribution in [3.8, 4) is 11.5 Å². The molecule has 0 aliphatic carbocycles. The Bertz CT molecular complexity index is 437. The van der Waals surface area contributed by atoms with Gasteiger partial charge in [0.05, 0.1) is 13.7 Å². The van der Waals surface area contributed by atoms with E-state index in [2.05, 4.69) is 23.3 Å². The maximum absolute atomic E-state index is 5.62. The van der Waals surface area contributed by atoms with Gasteiger partial charge in [0.15, 0.2) is 11.5 Å². The first-order chi connectivity index (χ1) is 10.3. The van der Waals surface area contributed by atoms with Gasteiger partial charge in [0.2, 0.25) is 0 Å². The molecule has 1 saturated heterocycles. The molecule has 4 heteroatoms. The van der Waals surface area contributed by atoms with Crippen molar-refractivity contribution in [2.45, 2.75) is 38.8 Å². The largest absolute Gasteiger partial charge is 0.493 e. The van der Waals surface area contributed by atoms with Gasteiger partial charge in [-0.15, -0.1) is 0 Å². The van der Waals surface area contributed by atoms with E-state index in [-0.39, 0.29) is 0 Å². The van der Waals surface area contributed by atoms with Crippen LogP contribution in [0.15, 0.2) is 18.2 Å². The highest BCUT2D eigenvalue weighted by Gasteiger charge is 2.18. The topological polar surface area (TPSA) is 33.7 Å². The molecule has 1 unspecified atom stereocenters. The smallest absolute Gasteiger partial charge is 0.165 e. The molecule has 2 rings (SSSR count). The fourth-order valence-electron chi connectivity index (χ4n) is 2.98. The third kappa shape index (κ3) is 4.35. The summed E-state index contributed by atoms with van der Waals surface area (Å²) in [5.41, 5.74) is 1.15. The van der Waals surface area contributed by atoms with Crippen LogP contribution in [0.5, 0.6) is 11.5 Å². The van der Waals surface area contributed by atoms with Crippen molar-refractivity contribution in [3.05, 3.63) is 23.8 Å². The minimum Gasteiger partial charge on any atom is -0.493 e. The van der Waals surface area contributed by atoms with Gasteiger partial charge in [0.25, 0.3) is 0 Å². The molecule has 0 saturated carbocycles. The van der Waals surface area contributed by atoms with Crippen LogP contribution >= 0.6 is 0 Å². The zero-order valence-corrected chi connectivity index (χ0v) is 13.5. The van der Waals surface area contributed by atoms with Gasteiger partial charge in [-0.3, -0.25) is 0 Å². The van der Waals surface area contributed by atoms with E-state index in [0.717, 1.165) is 30.2 Å². The second kappa shape index (κ2) is 8.25. The fraction of sp³-hybridized carbons (Fsp3) is 0.647. The summed E-state index contributed by atoms with van der Waals surface area (Å²) < 4.78 is 11.1. The summed E-state index contributed by atoms with van der Waals surface area (Å²) in [6.07, 6.45) is 3.97. The fourth-order valence-corrected chi connectivity index (χ4v) is 2.98. The molecule has 0 aromatic heterocycles. The van der Waals surface area contributed by atoms with Crippen LogP contribution in [-0.4, -0.2) is 44.8 Å². The quantitative estimate of drug-likeness (QED) is 0.838. The van der Waals surface area contributed by atoms with Crippen LogP contribution in [0.1, 0.15) is 31.7 Å². The van der Waals surface area contributed by atoms with Crippen LogP contribution in [0, 0.1) is 0 Å². The summed E-state index contributed by atoms with van der Waals surface area (Å²) in [5, 5.41) is 3.57. The third-order valence-electron chi connectivity index (χ3n) is 4.18. The van der Waals surface area contributed by atoms with E-state index in [1.807, 2.05) is 19.1 Å². The van der Waals surface area contributed by atoms with E-state index < -0.39 is 0 Å². The lowest BCUT2D eigenvalue weighted by atomic mass is 10.0. The van der Waals surface area contributed by atoms with Crippen LogP contribution in [0.2, 0.25) is 0 Å². The number of ether oxygens (including phenoxy) is 2. The normalized spacial score (nSPS) is 19.5. The Morgan fingerprint density at radius 3 is 2.90 bits per heavy atom. The Balaban J connectivity index is 1.91. The van der Waals surface area contributed by atoms with Crippen LogP contribution in [0.4, 0.5) is 0 Å². The Hall–Kier alpha value is -1.26. The van der Waals surface area contributed by atoms with Crippen molar-refractivity contribution in [1.82, 2.24) is 10.2 Å². The summed E-state index contributed by atoms with van der Waals surface area (Å²) in [5.74, 6) is 1.68. The molecule has 0 radical (unpaired) electrons. The first kappa shape index (κ1) is 16.1. The number of piperidine rings is 1. The monoisotopic (exact) mass is 292 g/mol. The Morgan fingerprint density at radius 2 is 2.19 bits per heavy atom. The summed E-state index contributed by atoms with van der Waals surface area (Å²) >= 11 is 0.